The molecule has 0 aliphatic carbocycles. The van der Waals surface area contributed by atoms with Crippen LogP contribution in [-0.2, 0) is 21.1 Å². The lowest BCUT2D eigenvalue weighted by atomic mass is 10.0. The molecule has 1 atom stereocenters. The molecule has 1 aliphatic rings. The highest BCUT2D eigenvalue weighted by molar-refractivity contribution is 7.91. The third-order valence-corrected chi connectivity index (χ3v) is 5.57. The second kappa shape index (κ2) is 5.86. The van der Waals surface area contributed by atoms with Crippen molar-refractivity contribution in [3.8, 4) is 6.07 Å². The van der Waals surface area contributed by atoms with Crippen LogP contribution in [0.25, 0.3) is 0 Å². The van der Waals surface area contributed by atoms with E-state index in [0.29, 0.717) is 24.8 Å². The highest BCUT2D eigenvalue weighted by Gasteiger charge is 2.39. The van der Waals surface area contributed by atoms with E-state index in [-0.39, 0.29) is 17.4 Å². The van der Waals surface area contributed by atoms with Crippen LogP contribution in [0.2, 0.25) is 0 Å². The van der Waals surface area contributed by atoms with Gasteiger partial charge in [0.1, 0.15) is 0 Å². The summed E-state index contributed by atoms with van der Waals surface area (Å²) in [5.74, 6) is 0.0149. The van der Waals surface area contributed by atoms with Crippen LogP contribution in [0.3, 0.4) is 0 Å². The van der Waals surface area contributed by atoms with Crippen LogP contribution in [0.1, 0.15) is 30.9 Å². The summed E-state index contributed by atoms with van der Waals surface area (Å²) in [6, 6.07) is 9.14. The average molecular weight is 306 g/mol. The molecule has 2 rings (SSSR count). The molecule has 0 saturated carbocycles. The molecule has 0 radical (unpaired) electrons. The van der Waals surface area contributed by atoms with Crippen molar-refractivity contribution >= 4 is 15.7 Å². The van der Waals surface area contributed by atoms with Gasteiger partial charge in [0, 0.05) is 6.42 Å². The number of nitrogens with one attached hydrogen (secondary N) is 1. The number of carbonyl (C=O) groups excluding carboxylic acids is 1. The maximum absolute atomic E-state index is 12.0. The van der Waals surface area contributed by atoms with E-state index < -0.39 is 15.4 Å². The number of carbonyl (C=O) groups is 1. The monoisotopic (exact) mass is 306 g/mol. The van der Waals surface area contributed by atoms with Crippen molar-refractivity contribution in [2.24, 2.45) is 0 Å². The van der Waals surface area contributed by atoms with Gasteiger partial charge in [-0.25, -0.2) is 8.42 Å². The second-order valence-electron chi connectivity index (χ2n) is 5.76. The number of amides is 1. The summed E-state index contributed by atoms with van der Waals surface area (Å²) in [5, 5.41) is 11.5. The highest BCUT2D eigenvalue weighted by Crippen LogP contribution is 2.23. The van der Waals surface area contributed by atoms with Crippen LogP contribution in [0.4, 0.5) is 0 Å². The van der Waals surface area contributed by atoms with Gasteiger partial charge >= 0.3 is 0 Å². The van der Waals surface area contributed by atoms with E-state index >= 15 is 0 Å². The minimum Gasteiger partial charge on any atom is -0.350 e. The van der Waals surface area contributed by atoms with Crippen molar-refractivity contribution in [3.05, 3.63) is 35.4 Å². The molecule has 1 amide bonds. The van der Waals surface area contributed by atoms with Gasteiger partial charge in [-0.2, -0.15) is 5.26 Å². The van der Waals surface area contributed by atoms with Gasteiger partial charge in [-0.15, -0.1) is 0 Å². The average Bonchev–Trinajstić information content (AvgIpc) is 2.70. The standard InChI is InChI=1S/C15H18N2O3S/c1-15(8-9-21(19,20)11-15)17-14(18)7-6-12-2-4-13(10-16)5-3-12/h2-5H,6-9,11H2,1H3,(H,17,18). The van der Waals surface area contributed by atoms with Crippen LogP contribution in [0.15, 0.2) is 24.3 Å². The number of nitrogens with zero attached hydrogens (tertiary/aromatic N) is 1. The number of nitriles is 1. The predicted molar refractivity (Wildman–Crippen MR) is 79.3 cm³/mol. The molecular formula is C15H18N2O3S. The fourth-order valence-electron chi connectivity index (χ4n) is 2.51. The lowest BCUT2D eigenvalue weighted by Crippen LogP contribution is -2.47. The predicted octanol–water partition coefficient (Wildman–Crippen LogP) is 1.18. The Morgan fingerprint density at radius 3 is 2.57 bits per heavy atom. The molecule has 5 nitrogen and oxygen atoms in total. The van der Waals surface area contributed by atoms with E-state index in [1.54, 1.807) is 19.1 Å². The van der Waals surface area contributed by atoms with Gasteiger partial charge in [-0.3, -0.25) is 4.79 Å². The van der Waals surface area contributed by atoms with Crippen LogP contribution in [-0.4, -0.2) is 31.4 Å². The second-order valence-corrected chi connectivity index (χ2v) is 7.94. The minimum absolute atomic E-state index is 0.0165. The Bertz CT molecular complexity index is 674. The zero-order valence-corrected chi connectivity index (χ0v) is 12.7. The number of aryl methyl sites for hydroxylation is 1. The van der Waals surface area contributed by atoms with E-state index in [9.17, 15) is 13.2 Å². The van der Waals surface area contributed by atoms with Crippen LogP contribution in [0.5, 0.6) is 0 Å². The van der Waals surface area contributed by atoms with Gasteiger partial charge in [0.05, 0.1) is 28.7 Å². The molecule has 1 heterocycles. The number of hydrogen-bond acceptors (Lipinski definition) is 4. The Labute approximate surface area is 124 Å². The Morgan fingerprint density at radius 1 is 1.38 bits per heavy atom. The first-order chi connectivity index (χ1) is 9.82. The Hall–Kier alpha value is -1.87. The summed E-state index contributed by atoms with van der Waals surface area (Å²) in [6.07, 6.45) is 1.35. The first-order valence-corrected chi connectivity index (χ1v) is 8.65. The fraction of sp³-hybridized carbons (Fsp3) is 0.467. The summed E-state index contributed by atoms with van der Waals surface area (Å²) in [6.45, 7) is 1.77. The number of sulfone groups is 1. The Morgan fingerprint density at radius 2 is 2.05 bits per heavy atom. The molecule has 0 aromatic heterocycles. The Balaban J connectivity index is 1.86. The zero-order valence-electron chi connectivity index (χ0n) is 11.9. The van der Waals surface area contributed by atoms with Crippen LogP contribution in [0, 0.1) is 11.3 Å². The summed E-state index contributed by atoms with van der Waals surface area (Å²) < 4.78 is 23.0. The van der Waals surface area contributed by atoms with Gasteiger partial charge in [-0.05, 0) is 37.5 Å². The van der Waals surface area contributed by atoms with Crippen LogP contribution < -0.4 is 5.32 Å². The molecule has 1 aromatic carbocycles. The molecule has 1 unspecified atom stereocenters. The summed E-state index contributed by atoms with van der Waals surface area (Å²) in [7, 11) is -3.02. The van der Waals surface area contributed by atoms with Crippen molar-refractivity contribution in [1.82, 2.24) is 5.32 Å². The molecule has 1 N–H and O–H groups in total. The third kappa shape index (κ3) is 4.30. The molecule has 0 bridgehead atoms. The van der Waals surface area contributed by atoms with Gasteiger partial charge in [0.2, 0.25) is 5.91 Å². The van der Waals surface area contributed by atoms with Crippen molar-refractivity contribution in [1.29, 1.82) is 5.26 Å². The zero-order chi connectivity index (χ0) is 15.5. The van der Waals surface area contributed by atoms with Gasteiger partial charge in [-0.1, -0.05) is 12.1 Å². The maximum Gasteiger partial charge on any atom is 0.220 e. The summed E-state index contributed by atoms with van der Waals surface area (Å²) in [4.78, 5) is 12.0. The van der Waals surface area contributed by atoms with Gasteiger partial charge in [0.25, 0.3) is 0 Å². The van der Waals surface area contributed by atoms with E-state index in [1.165, 1.54) is 0 Å². The normalized spacial score (nSPS) is 23.4. The molecule has 1 fully saturated rings. The first-order valence-electron chi connectivity index (χ1n) is 6.82. The molecule has 0 spiro atoms. The molecule has 21 heavy (non-hydrogen) atoms. The van der Waals surface area contributed by atoms with Crippen molar-refractivity contribution < 1.29 is 13.2 Å². The van der Waals surface area contributed by atoms with Crippen molar-refractivity contribution in [2.45, 2.75) is 31.7 Å². The molecular weight excluding hydrogens is 288 g/mol. The quantitative estimate of drug-likeness (QED) is 0.905. The maximum atomic E-state index is 12.0. The van der Waals surface area contributed by atoms with Crippen molar-refractivity contribution in [3.63, 3.8) is 0 Å². The molecule has 6 heteroatoms. The largest absolute Gasteiger partial charge is 0.350 e. The smallest absolute Gasteiger partial charge is 0.220 e. The topological polar surface area (TPSA) is 87.0 Å². The number of benzene rings is 1. The minimum atomic E-state index is -3.02. The van der Waals surface area contributed by atoms with E-state index in [2.05, 4.69) is 5.32 Å². The SMILES string of the molecule is CC1(NC(=O)CCc2ccc(C#N)cc2)CCS(=O)(=O)C1. The molecule has 112 valence electrons. The summed E-state index contributed by atoms with van der Waals surface area (Å²) >= 11 is 0. The summed E-state index contributed by atoms with van der Waals surface area (Å²) in [5.41, 5.74) is 0.931. The van der Waals surface area contributed by atoms with Gasteiger partial charge in [0.15, 0.2) is 9.84 Å². The van der Waals surface area contributed by atoms with Crippen LogP contribution >= 0.6 is 0 Å². The highest BCUT2D eigenvalue weighted by atomic mass is 32.2. The first kappa shape index (κ1) is 15.5. The molecule has 1 aliphatic heterocycles. The van der Waals surface area contributed by atoms with E-state index in [0.717, 1.165) is 5.56 Å². The van der Waals surface area contributed by atoms with Crippen molar-refractivity contribution in [2.75, 3.05) is 11.5 Å². The lowest BCUT2D eigenvalue weighted by molar-refractivity contribution is -0.122. The number of hydrogen-bond donors (Lipinski definition) is 1. The van der Waals surface area contributed by atoms with E-state index in [4.69, 9.17) is 5.26 Å². The fourth-order valence-corrected chi connectivity index (χ4v) is 4.61. The van der Waals surface area contributed by atoms with Gasteiger partial charge < -0.3 is 5.32 Å². The Kier molecular flexibility index (Phi) is 4.33. The third-order valence-electron chi connectivity index (χ3n) is 3.67. The number of rotatable bonds is 4. The molecule has 1 aromatic rings. The van der Waals surface area contributed by atoms with E-state index in [1.807, 2.05) is 18.2 Å². The lowest BCUT2D eigenvalue weighted by Gasteiger charge is -2.23. The molecule has 1 saturated heterocycles.